The third-order valence-electron chi connectivity index (χ3n) is 3.02. The summed E-state index contributed by atoms with van der Waals surface area (Å²) in [6.45, 7) is 5.15. The number of rotatable bonds is 2. The quantitative estimate of drug-likeness (QED) is 0.562. The number of nitrogens with zero attached hydrogens (tertiary/aromatic N) is 1. The van der Waals surface area contributed by atoms with Crippen LogP contribution in [0.1, 0.15) is 32.1 Å². The lowest BCUT2D eigenvalue weighted by molar-refractivity contribution is 0.257. The standard InChI is InChI=1S/C9H16N/c1-2-7-10-8-3-4-9(10)6-5-8/h8-9H,1-7H2. The van der Waals surface area contributed by atoms with Crippen molar-refractivity contribution < 1.29 is 0 Å². The summed E-state index contributed by atoms with van der Waals surface area (Å²) in [4.78, 5) is 2.67. The Bertz CT molecular complexity index is 102. The van der Waals surface area contributed by atoms with Crippen LogP contribution in [0.15, 0.2) is 0 Å². The molecule has 1 nitrogen and oxygen atoms in total. The van der Waals surface area contributed by atoms with E-state index in [9.17, 15) is 0 Å². The molecule has 0 spiro atoms. The van der Waals surface area contributed by atoms with Crippen LogP contribution in [-0.2, 0) is 0 Å². The molecule has 0 N–H and O–H groups in total. The van der Waals surface area contributed by atoms with Crippen molar-refractivity contribution in [2.75, 3.05) is 6.54 Å². The Balaban J connectivity index is 1.96. The van der Waals surface area contributed by atoms with Gasteiger partial charge in [0, 0.05) is 12.1 Å². The fraction of sp³-hybridized carbons (Fsp3) is 0.889. The summed E-state index contributed by atoms with van der Waals surface area (Å²) in [5.41, 5.74) is 0. The molecule has 2 saturated heterocycles. The van der Waals surface area contributed by atoms with Gasteiger partial charge in [0.15, 0.2) is 0 Å². The molecule has 2 aliphatic rings. The normalized spacial score (nSPS) is 39.3. The molecule has 1 heteroatoms. The van der Waals surface area contributed by atoms with Gasteiger partial charge in [0.1, 0.15) is 0 Å². The topological polar surface area (TPSA) is 3.24 Å². The molecule has 0 saturated carbocycles. The third-order valence-corrected chi connectivity index (χ3v) is 3.02. The summed E-state index contributed by atoms with van der Waals surface area (Å²) in [6, 6.07) is 1.90. The summed E-state index contributed by atoms with van der Waals surface area (Å²) in [5.74, 6) is 0. The van der Waals surface area contributed by atoms with Crippen LogP contribution in [0.25, 0.3) is 0 Å². The molecule has 57 valence electrons. The van der Waals surface area contributed by atoms with E-state index in [2.05, 4.69) is 11.8 Å². The molecule has 2 aliphatic heterocycles. The van der Waals surface area contributed by atoms with Gasteiger partial charge in [-0.3, -0.25) is 4.90 Å². The largest absolute Gasteiger partial charge is 0.297 e. The molecule has 0 atom stereocenters. The van der Waals surface area contributed by atoms with Crippen molar-refractivity contribution in [1.82, 2.24) is 4.90 Å². The summed E-state index contributed by atoms with van der Waals surface area (Å²) >= 11 is 0. The molecular formula is C9H16N. The van der Waals surface area contributed by atoms with Crippen molar-refractivity contribution in [2.45, 2.75) is 44.2 Å². The van der Waals surface area contributed by atoms with Crippen LogP contribution in [0.3, 0.4) is 0 Å². The molecular weight excluding hydrogens is 122 g/mol. The minimum Gasteiger partial charge on any atom is -0.297 e. The lowest BCUT2D eigenvalue weighted by Crippen LogP contribution is -2.28. The summed E-state index contributed by atoms with van der Waals surface area (Å²) < 4.78 is 0. The van der Waals surface area contributed by atoms with E-state index in [-0.39, 0.29) is 0 Å². The van der Waals surface area contributed by atoms with Gasteiger partial charge >= 0.3 is 0 Å². The van der Waals surface area contributed by atoms with Crippen molar-refractivity contribution >= 4 is 0 Å². The van der Waals surface area contributed by atoms with Gasteiger partial charge in [-0.05, 0) is 38.6 Å². The summed E-state index contributed by atoms with van der Waals surface area (Å²) in [7, 11) is 0. The van der Waals surface area contributed by atoms with Crippen molar-refractivity contribution in [2.24, 2.45) is 0 Å². The van der Waals surface area contributed by atoms with Crippen LogP contribution in [0, 0.1) is 6.92 Å². The minimum atomic E-state index is 0.951. The maximum atomic E-state index is 3.90. The van der Waals surface area contributed by atoms with Crippen LogP contribution in [0.2, 0.25) is 0 Å². The van der Waals surface area contributed by atoms with E-state index in [0.717, 1.165) is 18.5 Å². The smallest absolute Gasteiger partial charge is 0.00993 e. The van der Waals surface area contributed by atoms with Gasteiger partial charge in [0.05, 0.1) is 0 Å². The lowest BCUT2D eigenvalue weighted by atomic mass is 10.0. The molecule has 0 amide bonds. The van der Waals surface area contributed by atoms with Gasteiger partial charge < -0.3 is 0 Å². The first-order valence-electron chi connectivity index (χ1n) is 4.47. The first-order chi connectivity index (χ1) is 4.92. The molecule has 2 rings (SSSR count). The average Bonchev–Trinajstić information content (AvgIpc) is 2.50. The Morgan fingerprint density at radius 3 is 2.00 bits per heavy atom. The maximum Gasteiger partial charge on any atom is 0.00993 e. The molecule has 2 bridgehead atoms. The first kappa shape index (κ1) is 6.66. The van der Waals surface area contributed by atoms with Crippen LogP contribution in [0.5, 0.6) is 0 Å². The number of hydrogen-bond acceptors (Lipinski definition) is 1. The van der Waals surface area contributed by atoms with Gasteiger partial charge in [-0.1, -0.05) is 6.92 Å². The van der Waals surface area contributed by atoms with Gasteiger partial charge in [0.25, 0.3) is 0 Å². The van der Waals surface area contributed by atoms with Crippen molar-refractivity contribution in [3.8, 4) is 0 Å². The summed E-state index contributed by atoms with van der Waals surface area (Å²) in [5, 5.41) is 0. The van der Waals surface area contributed by atoms with E-state index in [1.807, 2.05) is 0 Å². The van der Waals surface area contributed by atoms with Gasteiger partial charge in [-0.2, -0.15) is 0 Å². The summed E-state index contributed by atoms with van der Waals surface area (Å²) in [6.07, 6.45) is 6.94. The van der Waals surface area contributed by atoms with Crippen LogP contribution < -0.4 is 0 Å². The lowest BCUT2D eigenvalue weighted by Gasteiger charge is -2.19. The molecule has 0 aliphatic carbocycles. The number of fused-ring (bicyclic) bond motifs is 2. The van der Waals surface area contributed by atoms with E-state index >= 15 is 0 Å². The van der Waals surface area contributed by atoms with E-state index in [4.69, 9.17) is 0 Å². The second-order valence-corrected chi connectivity index (χ2v) is 3.55. The Hall–Kier alpha value is -0.0400. The third kappa shape index (κ3) is 0.878. The molecule has 0 aromatic heterocycles. The maximum absolute atomic E-state index is 3.90. The second kappa shape index (κ2) is 2.54. The highest BCUT2D eigenvalue weighted by Gasteiger charge is 2.38. The molecule has 1 radical (unpaired) electrons. The monoisotopic (exact) mass is 138 g/mol. The highest BCUT2D eigenvalue weighted by Crippen LogP contribution is 2.36. The Labute approximate surface area is 63.4 Å². The molecule has 2 fully saturated rings. The Morgan fingerprint density at radius 1 is 1.10 bits per heavy atom. The van der Waals surface area contributed by atoms with Crippen LogP contribution >= 0.6 is 0 Å². The van der Waals surface area contributed by atoms with E-state index in [1.54, 1.807) is 0 Å². The fourth-order valence-corrected chi connectivity index (χ4v) is 2.57. The van der Waals surface area contributed by atoms with Crippen molar-refractivity contribution in [1.29, 1.82) is 0 Å². The van der Waals surface area contributed by atoms with Gasteiger partial charge in [0.2, 0.25) is 0 Å². The zero-order chi connectivity index (χ0) is 6.97. The highest BCUT2D eigenvalue weighted by molar-refractivity contribution is 4.94. The van der Waals surface area contributed by atoms with E-state index in [0.29, 0.717) is 0 Å². The van der Waals surface area contributed by atoms with Crippen molar-refractivity contribution in [3.05, 3.63) is 6.92 Å². The zero-order valence-corrected chi connectivity index (χ0v) is 6.55. The molecule has 2 heterocycles. The van der Waals surface area contributed by atoms with Crippen molar-refractivity contribution in [3.63, 3.8) is 0 Å². The first-order valence-corrected chi connectivity index (χ1v) is 4.47. The minimum absolute atomic E-state index is 0.951. The second-order valence-electron chi connectivity index (χ2n) is 3.55. The molecule has 10 heavy (non-hydrogen) atoms. The van der Waals surface area contributed by atoms with Gasteiger partial charge in [-0.15, -0.1) is 0 Å². The van der Waals surface area contributed by atoms with Gasteiger partial charge in [-0.25, -0.2) is 0 Å². The number of hydrogen-bond donors (Lipinski definition) is 0. The highest BCUT2D eigenvalue weighted by atomic mass is 15.2. The molecule has 0 aromatic rings. The zero-order valence-electron chi connectivity index (χ0n) is 6.55. The fourth-order valence-electron chi connectivity index (χ4n) is 2.57. The van der Waals surface area contributed by atoms with E-state index in [1.165, 1.54) is 32.2 Å². The Morgan fingerprint density at radius 2 is 1.60 bits per heavy atom. The molecule has 0 aromatic carbocycles. The SMILES string of the molecule is [CH2]CCN1C2CCC1CC2. The average molecular weight is 138 g/mol. The van der Waals surface area contributed by atoms with Crippen LogP contribution in [-0.4, -0.2) is 23.5 Å². The van der Waals surface area contributed by atoms with Crippen LogP contribution in [0.4, 0.5) is 0 Å². The molecule has 0 unspecified atom stereocenters. The predicted octanol–water partition coefficient (Wildman–Crippen LogP) is 1.84. The van der Waals surface area contributed by atoms with E-state index < -0.39 is 0 Å². The predicted molar refractivity (Wildman–Crippen MR) is 42.7 cm³/mol. The Kier molecular flexibility index (Phi) is 1.69.